The molecule has 1 heterocycles. The normalized spacial score (nSPS) is 22.5. The Bertz CT molecular complexity index is 1140. The fourth-order valence-electron chi connectivity index (χ4n) is 5.63. The van der Waals surface area contributed by atoms with E-state index in [1.807, 2.05) is 0 Å². The summed E-state index contributed by atoms with van der Waals surface area (Å²) in [6.07, 6.45) is 1.18. The number of hydrogen-bond acceptors (Lipinski definition) is 0. The molecule has 0 saturated carbocycles. The molecule has 2 atom stereocenters. The van der Waals surface area contributed by atoms with Crippen LogP contribution >= 0.6 is 11.1 Å². The molecule has 0 saturated heterocycles. The molecule has 3 aromatic carbocycles. The molecule has 0 N–H and O–H groups in total. The van der Waals surface area contributed by atoms with Crippen LogP contribution in [0.15, 0.2) is 71.9 Å². The fraction of sp³-hybridized carbons (Fsp3) is 0.200. The number of allylic oxidation sites excluding steroid dienone is 1. The van der Waals surface area contributed by atoms with Crippen molar-refractivity contribution < 1.29 is 45.2 Å². The van der Waals surface area contributed by atoms with Crippen molar-refractivity contribution in [2.45, 2.75) is 29.5 Å². The van der Waals surface area contributed by atoms with Crippen molar-refractivity contribution in [3.05, 3.63) is 99.7 Å². The Hall–Kier alpha value is -0.799. The first-order chi connectivity index (χ1) is 13.7. The van der Waals surface area contributed by atoms with Gasteiger partial charge in [-0.15, -0.1) is 0 Å². The summed E-state index contributed by atoms with van der Waals surface area (Å²) in [7, 11) is -1.83. The summed E-state index contributed by atoms with van der Waals surface area (Å²) in [5.74, 6) is 0.318. The van der Waals surface area contributed by atoms with Gasteiger partial charge in [0.05, 0.1) is 0 Å². The second-order valence-electron chi connectivity index (χ2n) is 8.19. The summed E-state index contributed by atoms with van der Waals surface area (Å²) in [6.45, 7) is 2.27. The molecule has 0 radical (unpaired) electrons. The minimum Gasteiger partial charge on any atom is -1.00 e. The Kier molecular flexibility index (Phi) is 5.94. The first-order valence-electron chi connectivity index (χ1n) is 10.1. The fourth-order valence-corrected chi connectivity index (χ4v) is 13.8. The van der Waals surface area contributed by atoms with Crippen LogP contribution in [-0.4, -0.2) is 7.38 Å². The van der Waals surface area contributed by atoms with Gasteiger partial charge < -0.3 is 24.8 Å². The van der Waals surface area contributed by atoms with E-state index >= 15 is 0 Å². The second-order valence-corrected chi connectivity index (χ2v) is 14.2. The first kappa shape index (κ1) is 22.4. The maximum absolute atomic E-state index is 7.28. The van der Waals surface area contributed by atoms with E-state index in [0.29, 0.717) is 10.1 Å². The average molecular weight is 503 g/mol. The van der Waals surface area contributed by atoms with Crippen LogP contribution in [0.25, 0.3) is 16.3 Å². The molecule has 1 aliphatic heterocycles. The molecule has 30 heavy (non-hydrogen) atoms. The van der Waals surface area contributed by atoms with Gasteiger partial charge in [0.1, 0.15) is 0 Å². The Labute approximate surface area is 208 Å². The topological polar surface area (TPSA) is 0 Å². The van der Waals surface area contributed by atoms with E-state index in [1.54, 1.807) is 10.4 Å². The van der Waals surface area contributed by atoms with Crippen LogP contribution in [0, 0.1) is 0 Å². The molecular formula is C25H20Cl3SiTi. The van der Waals surface area contributed by atoms with Crippen molar-refractivity contribution in [3.63, 3.8) is 0 Å². The van der Waals surface area contributed by atoms with E-state index in [2.05, 4.69) is 94.1 Å². The van der Waals surface area contributed by atoms with Crippen molar-refractivity contribution >= 4 is 23.7 Å². The van der Waals surface area contributed by atoms with Gasteiger partial charge in [0.2, 0.25) is 0 Å². The van der Waals surface area contributed by atoms with Gasteiger partial charge >= 0.3 is 184 Å². The molecule has 149 valence electrons. The Morgan fingerprint density at radius 1 is 0.800 bits per heavy atom. The third-order valence-electron chi connectivity index (χ3n) is 6.75. The molecule has 0 fully saturated rings. The smallest absolute Gasteiger partial charge is 1.00 e. The van der Waals surface area contributed by atoms with Crippen LogP contribution < -0.4 is 24.8 Å². The van der Waals surface area contributed by atoms with Crippen molar-refractivity contribution in [2.75, 3.05) is 0 Å². The SMILES string of the molecule is CCC[Si]1(Cl)C2=C1[CH]([Ti+2])c1cccc(C3c4ccccc4-c4ccccc43)c12.[Cl-].[Cl-]. The van der Waals surface area contributed by atoms with Gasteiger partial charge in [0, 0.05) is 0 Å². The molecule has 3 aromatic rings. The molecule has 5 heteroatoms. The predicted molar refractivity (Wildman–Crippen MR) is 116 cm³/mol. The van der Waals surface area contributed by atoms with E-state index < -0.39 is 7.38 Å². The summed E-state index contributed by atoms with van der Waals surface area (Å²) in [5, 5.41) is 3.20. The summed E-state index contributed by atoms with van der Waals surface area (Å²) in [6, 6.07) is 26.0. The van der Waals surface area contributed by atoms with Gasteiger partial charge in [-0.2, -0.15) is 0 Å². The Morgan fingerprint density at radius 2 is 1.33 bits per heavy atom. The van der Waals surface area contributed by atoms with Crippen LogP contribution in [0.3, 0.4) is 0 Å². The van der Waals surface area contributed by atoms with Crippen molar-refractivity contribution in [2.24, 2.45) is 0 Å². The summed E-state index contributed by atoms with van der Waals surface area (Å²) in [5.41, 5.74) is 10.1. The van der Waals surface area contributed by atoms with Gasteiger partial charge in [-0.25, -0.2) is 0 Å². The zero-order valence-corrected chi connectivity index (χ0v) is 21.4. The first-order valence-corrected chi connectivity index (χ1v) is 14.3. The minimum absolute atomic E-state index is 0. The maximum atomic E-state index is 7.28. The van der Waals surface area contributed by atoms with Gasteiger partial charge in [-0.05, 0) is 0 Å². The van der Waals surface area contributed by atoms with E-state index in [1.165, 1.54) is 51.4 Å². The number of hydrogen-bond donors (Lipinski definition) is 0. The third kappa shape index (κ3) is 2.83. The van der Waals surface area contributed by atoms with Gasteiger partial charge in [0.25, 0.3) is 0 Å². The number of benzene rings is 3. The van der Waals surface area contributed by atoms with Gasteiger partial charge in [-0.1, -0.05) is 0 Å². The molecule has 0 spiro atoms. The van der Waals surface area contributed by atoms with Gasteiger partial charge in [-0.3, -0.25) is 0 Å². The van der Waals surface area contributed by atoms with Crippen molar-refractivity contribution in [1.82, 2.24) is 0 Å². The number of halogens is 3. The molecular weight excluding hydrogens is 483 g/mol. The molecule has 6 rings (SSSR count). The molecule has 2 aliphatic carbocycles. The maximum Gasteiger partial charge on any atom is -1.00 e. The quantitative estimate of drug-likeness (QED) is 0.289. The predicted octanol–water partition coefficient (Wildman–Crippen LogP) is 0.897. The average Bonchev–Trinajstić information content (AvgIpc) is 3.02. The molecule has 0 amide bonds. The monoisotopic (exact) mass is 501 g/mol. The van der Waals surface area contributed by atoms with E-state index in [-0.39, 0.29) is 24.8 Å². The van der Waals surface area contributed by atoms with Crippen LogP contribution in [-0.2, 0) is 20.4 Å². The Morgan fingerprint density at radius 3 is 1.93 bits per heavy atom. The van der Waals surface area contributed by atoms with E-state index in [9.17, 15) is 0 Å². The summed E-state index contributed by atoms with van der Waals surface area (Å²) >= 11 is 9.65. The molecule has 0 aromatic heterocycles. The molecule has 0 nitrogen and oxygen atoms in total. The van der Waals surface area contributed by atoms with Crippen LogP contribution in [0.1, 0.15) is 51.3 Å². The van der Waals surface area contributed by atoms with E-state index in [4.69, 9.17) is 11.1 Å². The van der Waals surface area contributed by atoms with Crippen LogP contribution in [0.5, 0.6) is 0 Å². The number of fused-ring (bicyclic) bond motifs is 5. The standard InChI is InChI=1S/C25H20ClSi.2ClH.Ti/c1-2-14-27(26)22-15-16-8-7-13-21(23(16)25(22)27)24-19-11-5-3-9-17(19)18-10-4-6-12-20(18)24;;;/h3-13,15,24H,2,14H2,1H3;2*1H;/q;;;+2/p-2. The van der Waals surface area contributed by atoms with Gasteiger partial charge in [0.15, 0.2) is 0 Å². The van der Waals surface area contributed by atoms with Crippen LogP contribution in [0.4, 0.5) is 0 Å². The largest absolute Gasteiger partial charge is 1.00 e. The molecule has 3 aliphatic rings. The summed E-state index contributed by atoms with van der Waals surface area (Å²) < 4.78 is 0.507. The van der Waals surface area contributed by atoms with Crippen molar-refractivity contribution in [1.29, 1.82) is 0 Å². The molecule has 0 bridgehead atoms. The van der Waals surface area contributed by atoms with E-state index in [0.717, 1.165) is 0 Å². The van der Waals surface area contributed by atoms with Crippen LogP contribution in [0.2, 0.25) is 6.04 Å². The second kappa shape index (κ2) is 7.96. The number of rotatable bonds is 3. The Balaban J connectivity index is 0.00000109. The zero-order valence-electron chi connectivity index (χ0n) is 16.6. The molecule has 2 unspecified atom stereocenters. The van der Waals surface area contributed by atoms with Crippen molar-refractivity contribution in [3.8, 4) is 11.1 Å². The third-order valence-corrected chi connectivity index (χ3v) is 13.5. The summed E-state index contributed by atoms with van der Waals surface area (Å²) in [4.78, 5) is 0. The zero-order chi connectivity index (χ0) is 19.0. The minimum atomic E-state index is -1.83.